The monoisotopic (exact) mass is 450 g/mol. The van der Waals surface area contributed by atoms with Gasteiger partial charge in [-0.3, -0.25) is 19.7 Å². The Labute approximate surface area is 181 Å². The number of nitro groups is 1. The van der Waals surface area contributed by atoms with E-state index < -0.39 is 28.8 Å². The van der Waals surface area contributed by atoms with Crippen molar-refractivity contribution in [1.29, 1.82) is 0 Å². The molecular formula is C21H20F2N2O7. The number of carbonyl (C=O) groups excluding carboxylic acids is 2. The number of nitrogens with zero attached hydrogens (tertiary/aromatic N) is 2. The van der Waals surface area contributed by atoms with Gasteiger partial charge in [-0.2, -0.15) is 8.78 Å². The smallest absolute Gasteiger partial charge is 0.387 e. The van der Waals surface area contributed by atoms with E-state index >= 15 is 0 Å². The van der Waals surface area contributed by atoms with Crippen LogP contribution in [0.3, 0.4) is 0 Å². The summed E-state index contributed by atoms with van der Waals surface area (Å²) in [5.41, 5.74) is -0.316. The molecule has 9 nitrogen and oxygen atoms in total. The summed E-state index contributed by atoms with van der Waals surface area (Å²) in [5.74, 6) is -0.967. The molecule has 0 fully saturated rings. The second-order valence-corrected chi connectivity index (χ2v) is 6.50. The second-order valence-electron chi connectivity index (χ2n) is 6.50. The molecule has 1 amide bonds. The van der Waals surface area contributed by atoms with Gasteiger partial charge >= 0.3 is 6.61 Å². The number of alkyl halides is 2. The predicted molar refractivity (Wildman–Crippen MR) is 110 cm³/mol. The van der Waals surface area contributed by atoms with Gasteiger partial charge in [-0.15, -0.1) is 0 Å². The highest BCUT2D eigenvalue weighted by atomic mass is 19.3. The van der Waals surface area contributed by atoms with Gasteiger partial charge in [0.2, 0.25) is 0 Å². The summed E-state index contributed by atoms with van der Waals surface area (Å²) < 4.78 is 39.6. The van der Waals surface area contributed by atoms with Crippen LogP contribution in [0, 0.1) is 10.1 Å². The third kappa shape index (κ3) is 6.49. The molecule has 0 bridgehead atoms. The lowest BCUT2D eigenvalue weighted by Gasteiger charge is -2.11. The van der Waals surface area contributed by atoms with E-state index in [1.54, 1.807) is 14.1 Å². The Kier molecular flexibility index (Phi) is 8.22. The van der Waals surface area contributed by atoms with Crippen LogP contribution in [-0.2, 0) is 4.79 Å². The average Bonchev–Trinajstić information content (AvgIpc) is 2.75. The number of halogens is 2. The topological polar surface area (TPSA) is 108 Å². The summed E-state index contributed by atoms with van der Waals surface area (Å²) in [4.78, 5) is 35.9. The van der Waals surface area contributed by atoms with Gasteiger partial charge in [0, 0.05) is 19.7 Å². The van der Waals surface area contributed by atoms with Crippen LogP contribution in [0.15, 0.2) is 42.5 Å². The van der Waals surface area contributed by atoms with Crippen molar-refractivity contribution >= 4 is 23.5 Å². The van der Waals surface area contributed by atoms with Gasteiger partial charge in [0.25, 0.3) is 11.6 Å². The Morgan fingerprint density at radius 1 is 1.16 bits per heavy atom. The number of rotatable bonds is 10. The molecule has 2 aromatic rings. The Balaban J connectivity index is 2.20. The van der Waals surface area contributed by atoms with Crippen molar-refractivity contribution in [2.45, 2.75) is 6.61 Å². The number of amides is 1. The van der Waals surface area contributed by atoms with Crippen LogP contribution in [0.1, 0.15) is 15.9 Å². The first-order chi connectivity index (χ1) is 15.1. The van der Waals surface area contributed by atoms with Gasteiger partial charge in [0.05, 0.1) is 23.7 Å². The molecule has 0 saturated heterocycles. The lowest BCUT2D eigenvalue weighted by atomic mass is 10.1. The Bertz CT molecular complexity index is 1020. The van der Waals surface area contributed by atoms with Crippen molar-refractivity contribution in [3.63, 3.8) is 0 Å². The summed E-state index contributed by atoms with van der Waals surface area (Å²) >= 11 is 0. The van der Waals surface area contributed by atoms with Crippen LogP contribution in [-0.4, -0.2) is 55.9 Å². The molecule has 0 aromatic heterocycles. The summed E-state index contributed by atoms with van der Waals surface area (Å²) in [6.45, 7) is -3.35. The van der Waals surface area contributed by atoms with Gasteiger partial charge in [-0.1, -0.05) is 0 Å². The first kappa shape index (κ1) is 24.3. The SMILES string of the molecule is COc1cc(/C=C/C(=O)c2ccc(OCC(=O)N(C)C)cc2)c([N+](=O)[O-])cc1OC(F)F. The number of hydrogen-bond donors (Lipinski definition) is 0. The Hall–Kier alpha value is -4.02. The summed E-state index contributed by atoms with van der Waals surface area (Å²) in [7, 11) is 4.38. The largest absolute Gasteiger partial charge is 0.493 e. The molecule has 0 aliphatic rings. The molecule has 0 unspecified atom stereocenters. The van der Waals surface area contributed by atoms with E-state index in [-0.39, 0.29) is 29.4 Å². The van der Waals surface area contributed by atoms with Gasteiger partial charge < -0.3 is 19.1 Å². The van der Waals surface area contributed by atoms with E-state index in [4.69, 9.17) is 9.47 Å². The lowest BCUT2D eigenvalue weighted by molar-refractivity contribution is -0.385. The molecule has 0 saturated carbocycles. The summed E-state index contributed by atoms with van der Waals surface area (Å²) in [5, 5.41) is 11.3. The maximum absolute atomic E-state index is 12.5. The van der Waals surface area contributed by atoms with Gasteiger partial charge in [0.1, 0.15) is 5.75 Å². The zero-order chi connectivity index (χ0) is 23.8. The van der Waals surface area contributed by atoms with E-state index in [0.717, 1.165) is 18.2 Å². The van der Waals surface area contributed by atoms with E-state index in [0.29, 0.717) is 5.75 Å². The molecule has 0 atom stereocenters. The van der Waals surface area contributed by atoms with Crippen molar-refractivity contribution in [2.75, 3.05) is 27.8 Å². The molecule has 0 radical (unpaired) electrons. The zero-order valence-corrected chi connectivity index (χ0v) is 17.4. The highest BCUT2D eigenvalue weighted by Gasteiger charge is 2.20. The number of ether oxygens (including phenoxy) is 3. The number of nitro benzene ring substituents is 1. The molecule has 0 aliphatic heterocycles. The van der Waals surface area contributed by atoms with Gasteiger partial charge in [-0.05, 0) is 42.5 Å². The number of likely N-dealkylation sites (N-methyl/N-ethyl adjacent to an activating group) is 1. The quantitative estimate of drug-likeness (QED) is 0.236. The van der Waals surface area contributed by atoms with Crippen LogP contribution < -0.4 is 14.2 Å². The van der Waals surface area contributed by atoms with E-state index in [1.165, 1.54) is 42.4 Å². The van der Waals surface area contributed by atoms with E-state index in [9.17, 15) is 28.5 Å². The van der Waals surface area contributed by atoms with Crippen LogP contribution in [0.4, 0.5) is 14.5 Å². The van der Waals surface area contributed by atoms with Crippen molar-refractivity contribution in [2.24, 2.45) is 0 Å². The number of allylic oxidation sites excluding steroid dienone is 1. The van der Waals surface area contributed by atoms with Crippen LogP contribution >= 0.6 is 0 Å². The highest BCUT2D eigenvalue weighted by Crippen LogP contribution is 2.36. The summed E-state index contributed by atoms with van der Waals surface area (Å²) in [6, 6.07) is 7.87. The van der Waals surface area contributed by atoms with Crippen molar-refractivity contribution in [3.8, 4) is 17.2 Å². The molecular weight excluding hydrogens is 430 g/mol. The molecule has 2 rings (SSSR count). The number of carbonyl (C=O) groups is 2. The molecule has 0 heterocycles. The lowest BCUT2D eigenvalue weighted by Crippen LogP contribution is -2.27. The third-order valence-electron chi connectivity index (χ3n) is 4.14. The number of hydrogen-bond acceptors (Lipinski definition) is 7. The first-order valence-corrected chi connectivity index (χ1v) is 9.09. The van der Waals surface area contributed by atoms with Crippen LogP contribution in [0.5, 0.6) is 17.2 Å². The van der Waals surface area contributed by atoms with E-state index in [1.807, 2.05) is 0 Å². The second kappa shape index (κ2) is 10.8. The minimum Gasteiger partial charge on any atom is -0.493 e. The fourth-order valence-electron chi connectivity index (χ4n) is 2.46. The van der Waals surface area contributed by atoms with Crippen LogP contribution in [0.25, 0.3) is 6.08 Å². The number of methoxy groups -OCH3 is 1. The minimum atomic E-state index is -3.19. The molecule has 2 aromatic carbocycles. The minimum absolute atomic E-state index is 0.0380. The van der Waals surface area contributed by atoms with Crippen LogP contribution in [0.2, 0.25) is 0 Å². The third-order valence-corrected chi connectivity index (χ3v) is 4.14. The fraction of sp³-hybridized carbons (Fsp3) is 0.238. The van der Waals surface area contributed by atoms with E-state index in [2.05, 4.69) is 4.74 Å². The maximum atomic E-state index is 12.5. The molecule has 0 spiro atoms. The standard InChI is InChI=1S/C21H20F2N2O7/c1-24(2)20(27)12-31-15-7-4-13(5-8-15)17(26)9-6-14-10-18(30-3)19(32-21(22)23)11-16(14)25(28)29/h4-11,21H,12H2,1-3H3/b9-6+. The van der Waals surface area contributed by atoms with Gasteiger partial charge in [0.15, 0.2) is 23.9 Å². The number of benzene rings is 2. The normalized spacial score (nSPS) is 10.8. The Morgan fingerprint density at radius 3 is 2.34 bits per heavy atom. The zero-order valence-electron chi connectivity index (χ0n) is 17.4. The Morgan fingerprint density at radius 2 is 1.81 bits per heavy atom. The molecule has 11 heteroatoms. The predicted octanol–water partition coefficient (Wildman–Crippen LogP) is 3.57. The molecule has 170 valence electrons. The van der Waals surface area contributed by atoms with Crippen molar-refractivity contribution in [1.82, 2.24) is 4.90 Å². The van der Waals surface area contributed by atoms with Gasteiger partial charge in [-0.25, -0.2) is 0 Å². The molecule has 0 aliphatic carbocycles. The highest BCUT2D eigenvalue weighted by molar-refractivity contribution is 6.07. The average molecular weight is 450 g/mol. The molecule has 32 heavy (non-hydrogen) atoms. The fourth-order valence-corrected chi connectivity index (χ4v) is 2.46. The summed E-state index contributed by atoms with van der Waals surface area (Å²) in [6.07, 6.45) is 2.27. The maximum Gasteiger partial charge on any atom is 0.387 e. The number of ketones is 1. The molecule has 0 N–H and O–H groups in total. The van der Waals surface area contributed by atoms with Crippen molar-refractivity contribution in [3.05, 3.63) is 63.7 Å². The first-order valence-electron chi connectivity index (χ1n) is 9.09. The van der Waals surface area contributed by atoms with Crippen molar-refractivity contribution < 1.29 is 37.5 Å².